The van der Waals surface area contributed by atoms with Crippen LogP contribution >= 0.6 is 0 Å². The lowest BCUT2D eigenvalue weighted by atomic mass is 9.47. The number of carbonyl (C=O) groups excluding carboxylic acids is 1. The van der Waals surface area contributed by atoms with Gasteiger partial charge in [0, 0.05) is 12.8 Å². The summed E-state index contributed by atoms with van der Waals surface area (Å²) in [6.45, 7) is 15.0. The molecule has 30 heavy (non-hydrogen) atoms. The van der Waals surface area contributed by atoms with Crippen molar-refractivity contribution in [2.75, 3.05) is 0 Å². The van der Waals surface area contributed by atoms with E-state index in [-0.39, 0.29) is 0 Å². The molecule has 3 saturated carbocycles. The van der Waals surface area contributed by atoms with Crippen molar-refractivity contribution in [3.8, 4) is 0 Å². The van der Waals surface area contributed by atoms with Crippen LogP contribution < -0.4 is 0 Å². The second-order valence-corrected chi connectivity index (χ2v) is 12.7. The average Bonchev–Trinajstić information content (AvgIpc) is 3.06. The lowest BCUT2D eigenvalue weighted by Crippen LogP contribution is -2.50. The number of allylic oxidation sites excluding steroid dienone is 2. The molecule has 170 valence electrons. The lowest BCUT2D eigenvalue weighted by molar-refractivity contribution is -0.122. The van der Waals surface area contributed by atoms with Gasteiger partial charge >= 0.3 is 0 Å². The fourth-order valence-corrected chi connectivity index (χ4v) is 9.14. The van der Waals surface area contributed by atoms with Crippen molar-refractivity contribution < 1.29 is 4.79 Å². The van der Waals surface area contributed by atoms with Crippen LogP contribution in [-0.2, 0) is 4.79 Å². The molecule has 0 aromatic rings. The monoisotopic (exact) mass is 412 g/mol. The van der Waals surface area contributed by atoms with Crippen molar-refractivity contribution in [2.45, 2.75) is 112 Å². The number of fused-ring (bicyclic) bond motifs is 5. The Kier molecular flexibility index (Phi) is 6.33. The van der Waals surface area contributed by atoms with Gasteiger partial charge in [-0.15, -0.1) is 0 Å². The highest BCUT2D eigenvalue weighted by molar-refractivity contribution is 5.82. The first-order chi connectivity index (χ1) is 14.2. The van der Waals surface area contributed by atoms with Crippen LogP contribution in [0.25, 0.3) is 0 Å². The first kappa shape index (κ1) is 22.6. The van der Waals surface area contributed by atoms with E-state index < -0.39 is 0 Å². The molecular formula is C29H48O. The Hall–Kier alpha value is -0.590. The Balaban J connectivity index is 1.48. The highest BCUT2D eigenvalue weighted by atomic mass is 16.1. The third-order valence-electron chi connectivity index (χ3n) is 11.2. The molecule has 0 unspecified atom stereocenters. The van der Waals surface area contributed by atoms with E-state index in [0.717, 1.165) is 60.7 Å². The maximum Gasteiger partial charge on any atom is 0.136 e. The summed E-state index contributed by atoms with van der Waals surface area (Å²) in [4.78, 5) is 12.1. The van der Waals surface area contributed by atoms with Crippen molar-refractivity contribution >= 4 is 5.78 Å². The number of carbonyl (C=O) groups is 1. The van der Waals surface area contributed by atoms with Crippen molar-refractivity contribution in [3.63, 3.8) is 0 Å². The summed E-state index contributed by atoms with van der Waals surface area (Å²) >= 11 is 0. The summed E-state index contributed by atoms with van der Waals surface area (Å²) in [5.41, 5.74) is 2.41. The molecule has 8 atom stereocenters. The minimum Gasteiger partial charge on any atom is -0.299 e. The van der Waals surface area contributed by atoms with Crippen LogP contribution in [0.2, 0.25) is 0 Å². The second-order valence-electron chi connectivity index (χ2n) is 12.7. The zero-order valence-corrected chi connectivity index (χ0v) is 20.8. The molecule has 4 rings (SSSR count). The summed E-state index contributed by atoms with van der Waals surface area (Å²) in [6.07, 6.45) is 16.5. The average molecular weight is 413 g/mol. The molecule has 0 saturated heterocycles. The summed E-state index contributed by atoms with van der Waals surface area (Å²) in [5.74, 6) is 6.66. The highest BCUT2D eigenvalue weighted by Crippen LogP contribution is 2.67. The van der Waals surface area contributed by atoms with E-state index >= 15 is 0 Å². The molecule has 0 heterocycles. The maximum absolute atomic E-state index is 12.1. The Morgan fingerprint density at radius 1 is 1.03 bits per heavy atom. The standard InChI is InChI=1S/C29H48O/c1-7-21(19(2)3)9-8-20(4)25-12-13-26-24-11-10-22-18-23(30)14-16-28(22,5)27(24)15-17-29(25,26)6/h10,19-21,24-27H,7-9,11-18H2,1-6H3/t20-,21-,24-,25-,26-,27-,28+,29-/m1/s1. The summed E-state index contributed by atoms with van der Waals surface area (Å²) in [7, 11) is 0. The minimum atomic E-state index is 0.327. The van der Waals surface area contributed by atoms with Gasteiger partial charge in [-0.25, -0.2) is 0 Å². The molecule has 1 heteroatoms. The quantitative estimate of drug-likeness (QED) is 0.401. The zero-order valence-electron chi connectivity index (χ0n) is 20.8. The van der Waals surface area contributed by atoms with E-state index in [2.05, 4.69) is 47.6 Å². The van der Waals surface area contributed by atoms with Crippen molar-refractivity contribution in [3.05, 3.63) is 11.6 Å². The fraction of sp³-hybridized carbons (Fsp3) is 0.897. The van der Waals surface area contributed by atoms with Crippen molar-refractivity contribution in [1.82, 2.24) is 0 Å². The largest absolute Gasteiger partial charge is 0.299 e. The van der Waals surface area contributed by atoms with Crippen LogP contribution in [0, 0.1) is 52.3 Å². The first-order valence-corrected chi connectivity index (χ1v) is 13.4. The van der Waals surface area contributed by atoms with Crippen LogP contribution in [0.3, 0.4) is 0 Å². The number of ketones is 1. The Morgan fingerprint density at radius 3 is 2.50 bits per heavy atom. The van der Waals surface area contributed by atoms with Gasteiger partial charge in [-0.05, 0) is 97.2 Å². The first-order valence-electron chi connectivity index (χ1n) is 13.4. The normalized spacial score (nSPS) is 42.9. The molecular weight excluding hydrogens is 364 g/mol. The SMILES string of the molecule is CC[C@H](CC[C@@H](C)[C@H]1CC[C@@H]2[C@H]3CC=C4CC(=O)CC[C@]4(C)[C@@H]3CC[C@@]21C)C(C)C. The molecule has 4 aliphatic rings. The van der Waals surface area contributed by atoms with Gasteiger partial charge in [0.05, 0.1) is 0 Å². The van der Waals surface area contributed by atoms with Gasteiger partial charge in [0.1, 0.15) is 5.78 Å². The van der Waals surface area contributed by atoms with E-state index in [9.17, 15) is 4.79 Å². The fourth-order valence-electron chi connectivity index (χ4n) is 9.14. The van der Waals surface area contributed by atoms with E-state index in [1.54, 1.807) is 0 Å². The number of hydrogen-bond acceptors (Lipinski definition) is 1. The van der Waals surface area contributed by atoms with Crippen LogP contribution in [0.5, 0.6) is 0 Å². The van der Waals surface area contributed by atoms with E-state index in [1.165, 1.54) is 56.9 Å². The third-order valence-corrected chi connectivity index (χ3v) is 11.2. The van der Waals surface area contributed by atoms with E-state index in [1.807, 2.05) is 0 Å². The highest BCUT2D eigenvalue weighted by Gasteiger charge is 2.59. The molecule has 3 fully saturated rings. The Morgan fingerprint density at radius 2 is 1.80 bits per heavy atom. The van der Waals surface area contributed by atoms with Gasteiger partial charge < -0.3 is 0 Å². The van der Waals surface area contributed by atoms with Crippen molar-refractivity contribution in [1.29, 1.82) is 0 Å². The van der Waals surface area contributed by atoms with Crippen LogP contribution in [0.1, 0.15) is 112 Å². The summed E-state index contributed by atoms with van der Waals surface area (Å²) in [5, 5.41) is 0. The molecule has 0 spiro atoms. The predicted molar refractivity (Wildman–Crippen MR) is 127 cm³/mol. The van der Waals surface area contributed by atoms with E-state index in [4.69, 9.17) is 0 Å². The smallest absolute Gasteiger partial charge is 0.136 e. The molecule has 0 aromatic heterocycles. The maximum atomic E-state index is 12.1. The summed E-state index contributed by atoms with van der Waals surface area (Å²) in [6, 6.07) is 0. The minimum absolute atomic E-state index is 0.327. The lowest BCUT2D eigenvalue weighted by Gasteiger charge is -2.58. The molecule has 1 nitrogen and oxygen atoms in total. The van der Waals surface area contributed by atoms with Gasteiger partial charge in [-0.2, -0.15) is 0 Å². The number of Topliss-reactive ketones (excluding diaryl/α,β-unsaturated/α-hetero) is 1. The third kappa shape index (κ3) is 3.65. The Bertz CT molecular complexity index is 674. The van der Waals surface area contributed by atoms with Crippen LogP contribution in [0.15, 0.2) is 11.6 Å². The van der Waals surface area contributed by atoms with Gasteiger partial charge in [0.25, 0.3) is 0 Å². The zero-order chi connectivity index (χ0) is 21.7. The van der Waals surface area contributed by atoms with Gasteiger partial charge in [0.15, 0.2) is 0 Å². The van der Waals surface area contributed by atoms with Crippen molar-refractivity contribution in [2.24, 2.45) is 52.3 Å². The van der Waals surface area contributed by atoms with E-state index in [0.29, 0.717) is 16.6 Å². The molecule has 0 radical (unpaired) electrons. The molecule has 0 amide bonds. The number of hydrogen-bond donors (Lipinski definition) is 0. The topological polar surface area (TPSA) is 17.1 Å². The second kappa shape index (κ2) is 8.40. The summed E-state index contributed by atoms with van der Waals surface area (Å²) < 4.78 is 0. The van der Waals surface area contributed by atoms with Gasteiger partial charge in [0.2, 0.25) is 0 Å². The molecule has 0 aliphatic heterocycles. The molecule has 0 N–H and O–H groups in total. The van der Waals surface area contributed by atoms with Gasteiger partial charge in [-0.1, -0.05) is 66.0 Å². The van der Waals surface area contributed by atoms with Crippen LogP contribution in [-0.4, -0.2) is 5.78 Å². The Labute approximate surface area is 186 Å². The molecule has 4 aliphatic carbocycles. The molecule has 0 aromatic carbocycles. The van der Waals surface area contributed by atoms with Crippen LogP contribution in [0.4, 0.5) is 0 Å². The van der Waals surface area contributed by atoms with Gasteiger partial charge in [-0.3, -0.25) is 4.79 Å². The predicted octanol–water partition coefficient (Wildman–Crippen LogP) is 8.23. The molecule has 0 bridgehead atoms. The number of rotatable bonds is 6.